The molecule has 0 aromatic heterocycles. The zero-order chi connectivity index (χ0) is 19.7. The van der Waals surface area contributed by atoms with Crippen molar-refractivity contribution >= 4 is 0 Å². The fraction of sp³-hybridized carbons (Fsp3) is 1.00. The highest BCUT2D eigenvalue weighted by Gasteiger charge is 2.32. The fourth-order valence-electron chi connectivity index (χ4n) is 4.03. The Balaban J connectivity index is 4.74. The highest BCUT2D eigenvalue weighted by Crippen LogP contribution is 2.34. The van der Waals surface area contributed by atoms with Crippen molar-refractivity contribution < 1.29 is 10.2 Å². The quantitative estimate of drug-likeness (QED) is 0.230. The molecule has 0 saturated heterocycles. The summed E-state index contributed by atoms with van der Waals surface area (Å²) >= 11 is 0. The summed E-state index contributed by atoms with van der Waals surface area (Å²) in [7, 11) is 0. The zero-order valence-electron chi connectivity index (χ0n) is 18.6. The van der Waals surface area contributed by atoms with Gasteiger partial charge in [0, 0.05) is 0 Å². The van der Waals surface area contributed by atoms with Crippen LogP contribution >= 0.6 is 0 Å². The lowest BCUT2D eigenvalue weighted by atomic mass is 9.79. The van der Waals surface area contributed by atoms with Gasteiger partial charge in [-0.25, -0.2) is 0 Å². The molecule has 0 radical (unpaired) electrons. The van der Waals surface area contributed by atoms with Crippen molar-refractivity contribution in [2.45, 2.75) is 154 Å². The number of hydrogen-bond donors (Lipinski definition) is 2. The molecule has 26 heavy (non-hydrogen) atoms. The van der Waals surface area contributed by atoms with Gasteiger partial charge in [-0.15, -0.1) is 0 Å². The maximum absolute atomic E-state index is 11.3. The van der Waals surface area contributed by atoms with E-state index in [0.29, 0.717) is 0 Å². The molecule has 0 aromatic carbocycles. The minimum absolute atomic E-state index is 0.562. The molecule has 0 amide bonds. The lowest BCUT2D eigenvalue weighted by Crippen LogP contribution is -2.35. The molecular formula is C24H50O2. The Labute approximate surface area is 165 Å². The topological polar surface area (TPSA) is 40.5 Å². The molecule has 0 aliphatic heterocycles. The van der Waals surface area contributed by atoms with Crippen molar-refractivity contribution in [3.05, 3.63) is 0 Å². The van der Waals surface area contributed by atoms with Gasteiger partial charge >= 0.3 is 0 Å². The van der Waals surface area contributed by atoms with Gasteiger partial charge in [-0.3, -0.25) is 0 Å². The van der Waals surface area contributed by atoms with Gasteiger partial charge in [-0.05, 0) is 38.5 Å². The van der Waals surface area contributed by atoms with E-state index >= 15 is 0 Å². The zero-order valence-corrected chi connectivity index (χ0v) is 18.6. The van der Waals surface area contributed by atoms with E-state index < -0.39 is 11.2 Å². The summed E-state index contributed by atoms with van der Waals surface area (Å²) in [5.74, 6) is 0. The van der Waals surface area contributed by atoms with Gasteiger partial charge < -0.3 is 10.2 Å². The van der Waals surface area contributed by atoms with Crippen molar-refractivity contribution in [2.75, 3.05) is 0 Å². The second-order valence-corrected chi connectivity index (χ2v) is 8.78. The van der Waals surface area contributed by atoms with Crippen molar-refractivity contribution in [1.82, 2.24) is 0 Å². The van der Waals surface area contributed by atoms with Crippen LogP contribution in [-0.2, 0) is 0 Å². The Kier molecular flexibility index (Phi) is 15.9. The monoisotopic (exact) mass is 370 g/mol. The number of rotatable bonds is 19. The number of unbranched alkanes of at least 4 members (excludes halogenated alkanes) is 8. The van der Waals surface area contributed by atoms with E-state index in [4.69, 9.17) is 0 Å². The van der Waals surface area contributed by atoms with Crippen LogP contribution in [0.5, 0.6) is 0 Å². The lowest BCUT2D eigenvalue weighted by Gasteiger charge is -2.35. The summed E-state index contributed by atoms with van der Waals surface area (Å²) < 4.78 is 0. The average Bonchev–Trinajstić information content (AvgIpc) is 2.61. The molecule has 0 aliphatic carbocycles. The largest absolute Gasteiger partial charge is 0.390 e. The molecule has 0 rings (SSSR count). The third kappa shape index (κ3) is 13.1. The summed E-state index contributed by atoms with van der Waals surface area (Å²) in [6, 6.07) is 0. The predicted octanol–water partition coefficient (Wildman–Crippen LogP) is 7.55. The van der Waals surface area contributed by atoms with Crippen LogP contribution in [0.15, 0.2) is 0 Å². The Morgan fingerprint density at radius 3 is 0.808 bits per heavy atom. The first-order valence-electron chi connectivity index (χ1n) is 11.9. The fourth-order valence-corrected chi connectivity index (χ4v) is 4.03. The first kappa shape index (κ1) is 25.9. The average molecular weight is 371 g/mol. The molecule has 0 fully saturated rings. The Morgan fingerprint density at radius 1 is 0.385 bits per heavy atom. The van der Waals surface area contributed by atoms with Crippen LogP contribution in [0.4, 0.5) is 0 Å². The molecule has 0 saturated carbocycles. The van der Waals surface area contributed by atoms with Gasteiger partial charge in [0.1, 0.15) is 0 Å². The summed E-state index contributed by atoms with van der Waals surface area (Å²) in [5, 5.41) is 22.5. The van der Waals surface area contributed by atoms with Gasteiger partial charge in [0.05, 0.1) is 11.2 Å². The Bertz CT molecular complexity index is 251. The van der Waals surface area contributed by atoms with Gasteiger partial charge in [0.2, 0.25) is 0 Å². The van der Waals surface area contributed by atoms with E-state index in [1.54, 1.807) is 0 Å². The molecule has 0 aliphatic rings. The van der Waals surface area contributed by atoms with Crippen molar-refractivity contribution in [3.8, 4) is 0 Å². The minimum atomic E-state index is -0.562. The third-order valence-corrected chi connectivity index (χ3v) is 6.04. The van der Waals surface area contributed by atoms with Crippen molar-refractivity contribution in [1.29, 1.82) is 0 Å². The summed E-state index contributed by atoms with van der Waals surface area (Å²) in [5.41, 5.74) is -1.12. The SMILES string of the molecule is CCCCCC(O)(CCCCC)CCC(O)(CCCCC)CCCCC. The highest BCUT2D eigenvalue weighted by molar-refractivity contribution is 4.86. The number of aliphatic hydroxyl groups is 2. The Hall–Kier alpha value is -0.0800. The maximum Gasteiger partial charge on any atom is 0.0648 e. The summed E-state index contributed by atoms with van der Waals surface area (Å²) in [4.78, 5) is 0. The molecule has 0 atom stereocenters. The lowest BCUT2D eigenvalue weighted by molar-refractivity contribution is -0.0410. The van der Waals surface area contributed by atoms with Crippen molar-refractivity contribution in [3.63, 3.8) is 0 Å². The normalized spacial score (nSPS) is 12.7. The molecule has 2 nitrogen and oxygen atoms in total. The first-order valence-corrected chi connectivity index (χ1v) is 11.9. The second-order valence-electron chi connectivity index (χ2n) is 8.78. The van der Waals surface area contributed by atoms with Crippen LogP contribution in [0, 0.1) is 0 Å². The molecule has 2 heteroatoms. The highest BCUT2D eigenvalue weighted by atomic mass is 16.3. The van der Waals surface area contributed by atoms with Crippen LogP contribution < -0.4 is 0 Å². The molecule has 158 valence electrons. The maximum atomic E-state index is 11.3. The van der Waals surface area contributed by atoms with Crippen LogP contribution in [0.1, 0.15) is 143 Å². The van der Waals surface area contributed by atoms with E-state index in [0.717, 1.165) is 64.2 Å². The molecule has 0 unspecified atom stereocenters. The smallest absolute Gasteiger partial charge is 0.0648 e. The van der Waals surface area contributed by atoms with E-state index in [2.05, 4.69) is 27.7 Å². The van der Waals surface area contributed by atoms with Crippen molar-refractivity contribution in [2.24, 2.45) is 0 Å². The minimum Gasteiger partial charge on any atom is -0.390 e. The predicted molar refractivity (Wildman–Crippen MR) is 116 cm³/mol. The Morgan fingerprint density at radius 2 is 0.615 bits per heavy atom. The second kappa shape index (κ2) is 15.9. The van der Waals surface area contributed by atoms with Crippen LogP contribution in [0.25, 0.3) is 0 Å². The molecule has 0 spiro atoms. The molecule has 0 bridgehead atoms. The first-order chi connectivity index (χ1) is 12.4. The summed E-state index contributed by atoms with van der Waals surface area (Å²) in [6.07, 6.45) is 19.2. The summed E-state index contributed by atoms with van der Waals surface area (Å²) in [6.45, 7) is 8.87. The molecule has 0 heterocycles. The third-order valence-electron chi connectivity index (χ3n) is 6.04. The van der Waals surface area contributed by atoms with Crippen LogP contribution in [-0.4, -0.2) is 21.4 Å². The molecule has 2 N–H and O–H groups in total. The van der Waals surface area contributed by atoms with E-state index in [-0.39, 0.29) is 0 Å². The molecule has 0 aromatic rings. The van der Waals surface area contributed by atoms with Crippen LogP contribution in [0.2, 0.25) is 0 Å². The van der Waals surface area contributed by atoms with E-state index in [1.807, 2.05) is 0 Å². The van der Waals surface area contributed by atoms with Gasteiger partial charge in [-0.1, -0.05) is 105 Å². The standard InChI is InChI=1S/C24H50O2/c1-5-9-13-17-23(25,18-14-10-6-2)21-22-24(26,19-15-11-7-3)20-16-12-8-4/h25-26H,5-22H2,1-4H3. The van der Waals surface area contributed by atoms with Gasteiger partial charge in [0.15, 0.2) is 0 Å². The van der Waals surface area contributed by atoms with Crippen LogP contribution in [0.3, 0.4) is 0 Å². The van der Waals surface area contributed by atoms with Gasteiger partial charge in [0.25, 0.3) is 0 Å². The molecular weight excluding hydrogens is 320 g/mol. The van der Waals surface area contributed by atoms with Gasteiger partial charge in [-0.2, -0.15) is 0 Å². The van der Waals surface area contributed by atoms with E-state index in [9.17, 15) is 10.2 Å². The van der Waals surface area contributed by atoms with E-state index in [1.165, 1.54) is 51.4 Å². The number of hydrogen-bond acceptors (Lipinski definition) is 2.